The zero-order chi connectivity index (χ0) is 17.4. The molecule has 1 atom stereocenters. The van der Waals surface area contributed by atoms with Crippen molar-refractivity contribution in [3.05, 3.63) is 42.0 Å². The second-order valence-corrected chi connectivity index (χ2v) is 5.44. The highest BCUT2D eigenvalue weighted by Gasteiger charge is 2.21. The van der Waals surface area contributed by atoms with Crippen LogP contribution in [-0.4, -0.2) is 31.1 Å². The Balaban J connectivity index is 1.78. The Morgan fingerprint density at radius 1 is 1.12 bits per heavy atom. The van der Waals surface area contributed by atoms with E-state index in [0.29, 0.717) is 24.3 Å². The fourth-order valence-corrected chi connectivity index (χ4v) is 2.36. The molecule has 1 N–H and O–H groups in total. The molecular weight excluding hydrogens is 310 g/mol. The molecule has 6 nitrogen and oxygen atoms in total. The van der Waals surface area contributed by atoms with Gasteiger partial charge < -0.3 is 14.8 Å². The number of hydrogen-bond donors (Lipinski definition) is 1. The molecule has 1 amide bonds. The Morgan fingerprint density at radius 2 is 1.88 bits per heavy atom. The monoisotopic (exact) mass is 331 g/mol. The van der Waals surface area contributed by atoms with Crippen LogP contribution in [0.3, 0.4) is 0 Å². The van der Waals surface area contributed by atoms with Gasteiger partial charge in [0.05, 0.1) is 18.1 Å². The summed E-state index contributed by atoms with van der Waals surface area (Å²) >= 11 is 0. The maximum Gasteiger partial charge on any atom is 0.338 e. The first kappa shape index (κ1) is 17.7. The second-order valence-electron chi connectivity index (χ2n) is 5.44. The molecule has 24 heavy (non-hydrogen) atoms. The van der Waals surface area contributed by atoms with E-state index >= 15 is 0 Å². The predicted molar refractivity (Wildman–Crippen MR) is 88.5 cm³/mol. The summed E-state index contributed by atoms with van der Waals surface area (Å²) in [5.74, 6) is -1.33. The molecule has 1 aromatic carbocycles. The molecule has 1 aromatic rings. The average molecular weight is 331 g/mol. The maximum absolute atomic E-state index is 11.8. The third-order valence-electron chi connectivity index (χ3n) is 3.63. The first-order valence-electron chi connectivity index (χ1n) is 7.99. The summed E-state index contributed by atoms with van der Waals surface area (Å²) in [6.07, 6.45) is 6.28. The summed E-state index contributed by atoms with van der Waals surface area (Å²) < 4.78 is 9.93. The van der Waals surface area contributed by atoms with E-state index in [1.54, 1.807) is 31.2 Å². The van der Waals surface area contributed by atoms with Crippen LogP contribution in [0.15, 0.2) is 36.4 Å². The molecule has 0 aliphatic heterocycles. The van der Waals surface area contributed by atoms with Crippen LogP contribution in [0, 0.1) is 5.92 Å². The summed E-state index contributed by atoms with van der Waals surface area (Å²) in [6, 6.07) is 6.32. The minimum absolute atomic E-state index is 0.160. The molecule has 0 unspecified atom stereocenters. The van der Waals surface area contributed by atoms with Crippen LogP contribution in [0.2, 0.25) is 0 Å². The molecule has 0 aromatic heterocycles. The molecule has 0 radical (unpaired) electrons. The lowest BCUT2D eigenvalue weighted by atomic mass is 9.95. The first-order valence-corrected chi connectivity index (χ1v) is 7.99. The fourth-order valence-electron chi connectivity index (χ4n) is 2.36. The van der Waals surface area contributed by atoms with Crippen LogP contribution in [-0.2, 0) is 19.1 Å². The summed E-state index contributed by atoms with van der Waals surface area (Å²) in [5, 5.41) is 2.62. The van der Waals surface area contributed by atoms with Crippen molar-refractivity contribution in [2.45, 2.75) is 26.2 Å². The van der Waals surface area contributed by atoms with Crippen molar-refractivity contribution in [1.29, 1.82) is 0 Å². The maximum atomic E-state index is 11.8. The minimum Gasteiger partial charge on any atom is -0.462 e. The van der Waals surface area contributed by atoms with Crippen molar-refractivity contribution < 1.29 is 23.9 Å². The third kappa shape index (κ3) is 5.22. The van der Waals surface area contributed by atoms with Gasteiger partial charge in [-0.2, -0.15) is 0 Å². The van der Waals surface area contributed by atoms with Crippen LogP contribution in [0.5, 0.6) is 0 Å². The van der Waals surface area contributed by atoms with Gasteiger partial charge in [-0.1, -0.05) is 12.2 Å². The molecule has 1 aliphatic carbocycles. The van der Waals surface area contributed by atoms with E-state index in [-0.39, 0.29) is 18.5 Å². The number of carbonyl (C=O) groups excluding carboxylic acids is 3. The summed E-state index contributed by atoms with van der Waals surface area (Å²) in [5.41, 5.74) is 0.927. The number of rotatable bonds is 6. The van der Waals surface area contributed by atoms with Gasteiger partial charge in [-0.15, -0.1) is 0 Å². The molecule has 2 rings (SSSR count). The lowest BCUT2D eigenvalue weighted by Crippen LogP contribution is -2.25. The van der Waals surface area contributed by atoms with Crippen LogP contribution in [0.25, 0.3) is 0 Å². The number of esters is 2. The highest BCUT2D eigenvalue weighted by Crippen LogP contribution is 2.19. The fraction of sp³-hybridized carbons (Fsp3) is 0.389. The van der Waals surface area contributed by atoms with E-state index in [2.05, 4.69) is 5.32 Å². The Kier molecular flexibility index (Phi) is 6.54. The number of carbonyl (C=O) groups is 3. The number of amides is 1. The third-order valence-corrected chi connectivity index (χ3v) is 3.63. The topological polar surface area (TPSA) is 81.7 Å². The van der Waals surface area contributed by atoms with Crippen molar-refractivity contribution in [1.82, 2.24) is 0 Å². The van der Waals surface area contributed by atoms with Crippen molar-refractivity contribution in [3.8, 4) is 0 Å². The number of allylic oxidation sites excluding steroid dienone is 2. The van der Waals surface area contributed by atoms with E-state index < -0.39 is 11.9 Å². The standard InChI is InChI=1S/C18H21NO5/c1-2-23-17(21)14-8-10-15(11-9-14)19-16(20)12-24-18(22)13-6-4-3-5-7-13/h3-4,8-11,13H,2,5-7,12H2,1H3,(H,19,20)/t13-/m1/s1. The molecule has 0 spiro atoms. The van der Waals surface area contributed by atoms with Gasteiger partial charge in [0.15, 0.2) is 6.61 Å². The summed E-state index contributed by atoms with van der Waals surface area (Å²) in [6.45, 7) is 1.72. The van der Waals surface area contributed by atoms with Crippen LogP contribution >= 0.6 is 0 Å². The smallest absolute Gasteiger partial charge is 0.338 e. The number of nitrogens with one attached hydrogen (secondary N) is 1. The Hall–Kier alpha value is -2.63. The predicted octanol–water partition coefficient (Wildman–Crippen LogP) is 2.70. The van der Waals surface area contributed by atoms with E-state index in [1.807, 2.05) is 12.2 Å². The van der Waals surface area contributed by atoms with Crippen LogP contribution in [0.1, 0.15) is 36.5 Å². The van der Waals surface area contributed by atoms with Crippen molar-refractivity contribution in [3.63, 3.8) is 0 Å². The van der Waals surface area contributed by atoms with Gasteiger partial charge >= 0.3 is 11.9 Å². The first-order chi connectivity index (χ1) is 11.6. The number of anilines is 1. The van der Waals surface area contributed by atoms with Crippen molar-refractivity contribution in [2.75, 3.05) is 18.5 Å². The lowest BCUT2D eigenvalue weighted by Gasteiger charge is -2.16. The van der Waals surface area contributed by atoms with E-state index in [4.69, 9.17) is 9.47 Å². The average Bonchev–Trinajstić information content (AvgIpc) is 2.61. The van der Waals surface area contributed by atoms with Gasteiger partial charge in [0.2, 0.25) is 0 Å². The quantitative estimate of drug-likeness (QED) is 0.640. The van der Waals surface area contributed by atoms with Gasteiger partial charge in [0.25, 0.3) is 5.91 Å². The lowest BCUT2D eigenvalue weighted by molar-refractivity contribution is -0.151. The van der Waals surface area contributed by atoms with Crippen molar-refractivity contribution >= 4 is 23.5 Å². The Labute approximate surface area is 140 Å². The molecule has 0 saturated heterocycles. The van der Waals surface area contributed by atoms with Gasteiger partial charge in [-0.25, -0.2) is 4.79 Å². The van der Waals surface area contributed by atoms with E-state index in [0.717, 1.165) is 12.8 Å². The summed E-state index contributed by atoms with van der Waals surface area (Å²) in [7, 11) is 0. The zero-order valence-corrected chi connectivity index (χ0v) is 13.6. The molecule has 1 aliphatic rings. The molecular formula is C18H21NO5. The highest BCUT2D eigenvalue weighted by molar-refractivity contribution is 5.94. The van der Waals surface area contributed by atoms with E-state index in [9.17, 15) is 14.4 Å². The van der Waals surface area contributed by atoms with Gasteiger partial charge in [0, 0.05) is 5.69 Å². The van der Waals surface area contributed by atoms with Gasteiger partial charge in [-0.05, 0) is 50.5 Å². The van der Waals surface area contributed by atoms with Crippen LogP contribution < -0.4 is 5.32 Å². The molecule has 0 fully saturated rings. The number of ether oxygens (including phenoxy) is 2. The minimum atomic E-state index is -0.418. The van der Waals surface area contributed by atoms with Crippen molar-refractivity contribution in [2.24, 2.45) is 5.92 Å². The number of benzene rings is 1. The molecule has 0 heterocycles. The number of hydrogen-bond acceptors (Lipinski definition) is 5. The molecule has 0 bridgehead atoms. The highest BCUT2D eigenvalue weighted by atomic mass is 16.5. The molecule has 6 heteroatoms. The second kappa shape index (κ2) is 8.86. The van der Waals surface area contributed by atoms with E-state index in [1.165, 1.54) is 0 Å². The SMILES string of the molecule is CCOC(=O)c1ccc(NC(=O)COC(=O)[C@@H]2CC=CCC2)cc1. The normalized spacial score (nSPS) is 16.3. The van der Waals surface area contributed by atoms with Gasteiger partial charge in [-0.3, -0.25) is 9.59 Å². The summed E-state index contributed by atoms with van der Waals surface area (Å²) in [4.78, 5) is 35.2. The largest absolute Gasteiger partial charge is 0.462 e. The Morgan fingerprint density at radius 3 is 2.50 bits per heavy atom. The molecule has 128 valence electrons. The molecule has 0 saturated carbocycles. The van der Waals surface area contributed by atoms with Gasteiger partial charge in [0.1, 0.15) is 0 Å². The Bertz CT molecular complexity index is 621. The zero-order valence-electron chi connectivity index (χ0n) is 13.6. The van der Waals surface area contributed by atoms with Crippen LogP contribution in [0.4, 0.5) is 5.69 Å².